The van der Waals surface area contributed by atoms with Gasteiger partial charge in [-0.3, -0.25) is 9.98 Å². The van der Waals surface area contributed by atoms with Crippen molar-refractivity contribution in [2.75, 3.05) is 6.54 Å². The number of pyridine rings is 1. The second-order valence-corrected chi connectivity index (χ2v) is 4.81. The fraction of sp³-hybridized carbons (Fsp3) is 0.133. The van der Waals surface area contributed by atoms with Crippen LogP contribution in [0.3, 0.4) is 0 Å². The zero-order valence-electron chi connectivity index (χ0n) is 11.8. The molecule has 1 aliphatic rings. The zero-order valence-corrected chi connectivity index (χ0v) is 11.8. The smallest absolute Gasteiger partial charge is 0.310 e. The highest BCUT2D eigenvalue weighted by molar-refractivity contribution is 6.16. The van der Waals surface area contributed by atoms with Crippen molar-refractivity contribution in [2.45, 2.75) is 6.18 Å². The van der Waals surface area contributed by atoms with Crippen LogP contribution in [-0.4, -0.2) is 23.1 Å². The number of halogens is 3. The van der Waals surface area contributed by atoms with Crippen molar-refractivity contribution in [3.63, 3.8) is 0 Å². The van der Waals surface area contributed by atoms with Crippen molar-refractivity contribution in [1.82, 2.24) is 10.4 Å². The van der Waals surface area contributed by atoms with Gasteiger partial charge in [-0.2, -0.15) is 13.2 Å². The zero-order chi connectivity index (χ0) is 16.4. The van der Waals surface area contributed by atoms with E-state index in [-0.39, 0.29) is 12.1 Å². The molecular weight excluding hydrogens is 307 g/mol. The number of nitrogens with zero attached hydrogens (tertiary/aromatic N) is 3. The maximum Gasteiger partial charge on any atom is 0.416 e. The molecule has 0 bridgehead atoms. The molecular formula is C15H12F3N5. The average molecular weight is 319 g/mol. The van der Waals surface area contributed by atoms with E-state index in [4.69, 9.17) is 5.84 Å². The van der Waals surface area contributed by atoms with Crippen LogP contribution in [0.15, 0.2) is 52.6 Å². The number of alkyl halides is 3. The quantitative estimate of drug-likeness (QED) is 0.626. The number of hydrogen-bond acceptors (Lipinski definition) is 5. The number of nitrogens with two attached hydrogens (primary N) is 1. The maximum absolute atomic E-state index is 13.0. The van der Waals surface area contributed by atoms with Crippen molar-refractivity contribution < 1.29 is 13.2 Å². The molecule has 0 saturated heterocycles. The molecule has 1 aromatic carbocycles. The van der Waals surface area contributed by atoms with Crippen LogP contribution in [0, 0.1) is 0 Å². The number of rotatable bonds is 1. The number of amidine groups is 1. The Labute approximate surface area is 129 Å². The Morgan fingerprint density at radius 2 is 1.96 bits per heavy atom. The molecule has 0 saturated carbocycles. The summed E-state index contributed by atoms with van der Waals surface area (Å²) in [7, 11) is 0. The van der Waals surface area contributed by atoms with Crippen LogP contribution in [0.2, 0.25) is 0 Å². The molecule has 0 aliphatic carbocycles. The number of hydrazine groups is 1. The molecule has 0 fully saturated rings. The first kappa shape index (κ1) is 15.2. The van der Waals surface area contributed by atoms with Gasteiger partial charge in [0.1, 0.15) is 5.84 Å². The van der Waals surface area contributed by atoms with Gasteiger partial charge in [-0.25, -0.2) is 10.8 Å². The van der Waals surface area contributed by atoms with E-state index in [2.05, 4.69) is 20.4 Å². The van der Waals surface area contributed by atoms with Crippen LogP contribution in [-0.2, 0) is 6.18 Å². The lowest BCUT2D eigenvalue weighted by molar-refractivity contribution is -0.137. The molecule has 2 heterocycles. The molecule has 3 rings (SSSR count). The van der Waals surface area contributed by atoms with E-state index in [1.807, 2.05) is 0 Å². The Kier molecular flexibility index (Phi) is 3.83. The predicted molar refractivity (Wildman–Crippen MR) is 80.6 cm³/mol. The molecule has 8 heteroatoms. The van der Waals surface area contributed by atoms with Crippen molar-refractivity contribution >= 4 is 17.2 Å². The van der Waals surface area contributed by atoms with E-state index in [0.29, 0.717) is 22.9 Å². The number of aromatic nitrogens is 1. The topological polar surface area (TPSA) is 75.7 Å². The number of benzene rings is 1. The molecule has 1 aliphatic heterocycles. The fourth-order valence-electron chi connectivity index (χ4n) is 2.22. The molecule has 23 heavy (non-hydrogen) atoms. The van der Waals surface area contributed by atoms with E-state index in [0.717, 1.165) is 12.1 Å². The van der Waals surface area contributed by atoms with Gasteiger partial charge in [0.25, 0.3) is 0 Å². The highest BCUT2D eigenvalue weighted by Crippen LogP contribution is 2.34. The summed E-state index contributed by atoms with van der Waals surface area (Å²) < 4.78 is 39.0. The van der Waals surface area contributed by atoms with Crippen LogP contribution < -0.4 is 11.3 Å². The van der Waals surface area contributed by atoms with Gasteiger partial charge in [-0.15, -0.1) is 0 Å². The van der Waals surface area contributed by atoms with Gasteiger partial charge in [0.2, 0.25) is 0 Å². The second kappa shape index (κ2) is 5.81. The molecule has 0 amide bonds. The third-order valence-electron chi connectivity index (χ3n) is 3.30. The Morgan fingerprint density at radius 1 is 1.13 bits per heavy atom. The lowest BCUT2D eigenvalue weighted by Crippen LogP contribution is -2.32. The largest absolute Gasteiger partial charge is 0.416 e. The Hall–Kier alpha value is -2.74. The molecule has 3 N–H and O–H groups in total. The minimum Gasteiger partial charge on any atom is -0.310 e. The minimum absolute atomic E-state index is 0.123. The van der Waals surface area contributed by atoms with Crippen molar-refractivity contribution in [1.29, 1.82) is 0 Å². The van der Waals surface area contributed by atoms with Crippen LogP contribution in [0.4, 0.5) is 18.9 Å². The molecule has 2 aromatic rings. The summed E-state index contributed by atoms with van der Waals surface area (Å²) in [5.74, 6) is 5.73. The van der Waals surface area contributed by atoms with Crippen LogP contribution in [0.25, 0.3) is 0 Å². The molecule has 5 nitrogen and oxygen atoms in total. The third kappa shape index (κ3) is 3.07. The Morgan fingerprint density at radius 3 is 2.61 bits per heavy atom. The number of nitrogens with one attached hydrogen (secondary N) is 1. The highest BCUT2D eigenvalue weighted by Gasteiger charge is 2.32. The van der Waals surface area contributed by atoms with Gasteiger partial charge in [0, 0.05) is 11.8 Å². The molecule has 0 radical (unpaired) electrons. The first-order chi connectivity index (χ1) is 11.0. The first-order valence-electron chi connectivity index (χ1n) is 6.70. The van der Waals surface area contributed by atoms with Crippen molar-refractivity contribution in [2.24, 2.45) is 15.8 Å². The van der Waals surface area contributed by atoms with Crippen molar-refractivity contribution in [3.05, 3.63) is 59.4 Å². The van der Waals surface area contributed by atoms with Gasteiger partial charge in [0.05, 0.1) is 29.2 Å². The number of fused-ring (bicyclic) bond motifs is 1. The van der Waals surface area contributed by atoms with E-state index >= 15 is 0 Å². The van der Waals surface area contributed by atoms with Crippen molar-refractivity contribution in [3.8, 4) is 0 Å². The molecule has 0 atom stereocenters. The van der Waals surface area contributed by atoms with Gasteiger partial charge >= 0.3 is 6.18 Å². The van der Waals surface area contributed by atoms with E-state index in [1.54, 1.807) is 24.4 Å². The lowest BCUT2D eigenvalue weighted by Gasteiger charge is -2.12. The highest BCUT2D eigenvalue weighted by atomic mass is 19.4. The summed E-state index contributed by atoms with van der Waals surface area (Å²) >= 11 is 0. The van der Waals surface area contributed by atoms with E-state index in [9.17, 15) is 13.2 Å². The SMILES string of the molecule is NNC1=Nc2ccc(C(F)(F)F)cc2C(c2ccccn2)=NC1. The summed E-state index contributed by atoms with van der Waals surface area (Å²) in [6.45, 7) is 0.123. The number of aliphatic imine (C=N–C) groups is 2. The fourth-order valence-corrected chi connectivity index (χ4v) is 2.22. The van der Waals surface area contributed by atoms with Gasteiger partial charge in [-0.1, -0.05) is 6.07 Å². The van der Waals surface area contributed by atoms with Crippen LogP contribution in [0.1, 0.15) is 16.8 Å². The molecule has 0 unspecified atom stereocenters. The van der Waals surface area contributed by atoms with Crippen LogP contribution >= 0.6 is 0 Å². The summed E-state index contributed by atoms with van der Waals surface area (Å²) in [6, 6.07) is 8.47. The molecule has 1 aromatic heterocycles. The maximum atomic E-state index is 13.0. The normalized spacial score (nSPS) is 14.4. The van der Waals surface area contributed by atoms with E-state index < -0.39 is 11.7 Å². The van der Waals surface area contributed by atoms with Crippen LogP contribution in [0.5, 0.6) is 0 Å². The second-order valence-electron chi connectivity index (χ2n) is 4.81. The molecule has 118 valence electrons. The average Bonchev–Trinajstić information content (AvgIpc) is 2.73. The summed E-state index contributed by atoms with van der Waals surface area (Å²) in [4.78, 5) is 12.7. The Bertz CT molecular complexity index is 781. The summed E-state index contributed by atoms with van der Waals surface area (Å²) in [6.07, 6.45) is -2.89. The first-order valence-corrected chi connectivity index (χ1v) is 6.70. The molecule has 0 spiro atoms. The summed E-state index contributed by atoms with van der Waals surface area (Å²) in [5.41, 5.74) is 3.08. The monoisotopic (exact) mass is 319 g/mol. The predicted octanol–water partition coefficient (Wildman–Crippen LogP) is 2.44. The summed E-state index contributed by atoms with van der Waals surface area (Å²) in [5, 5.41) is 0. The minimum atomic E-state index is -4.45. The van der Waals surface area contributed by atoms with Gasteiger partial charge in [-0.05, 0) is 30.3 Å². The van der Waals surface area contributed by atoms with E-state index in [1.165, 1.54) is 6.07 Å². The third-order valence-corrected chi connectivity index (χ3v) is 3.30. The van der Waals surface area contributed by atoms with Gasteiger partial charge < -0.3 is 5.43 Å². The van der Waals surface area contributed by atoms with Gasteiger partial charge in [0.15, 0.2) is 0 Å². The Balaban J connectivity index is 2.20. The standard InChI is InChI=1S/C15H12F3N5/c16-15(17,18)9-4-5-11-10(7-9)14(12-3-1-2-6-20-12)21-8-13(22-11)23-19/h1-7H,8,19H2,(H,22,23). The lowest BCUT2D eigenvalue weighted by atomic mass is 10.0. The number of hydrogen-bond donors (Lipinski definition) is 2.